The number of rotatable bonds is 7. The number of anilines is 1. The molecule has 0 bridgehead atoms. The number of benzene rings is 2. The minimum absolute atomic E-state index is 0.249. The summed E-state index contributed by atoms with van der Waals surface area (Å²) >= 11 is 1.41. The Morgan fingerprint density at radius 3 is 2.25 bits per heavy atom. The number of aryl methyl sites for hydroxylation is 2. The molecule has 0 saturated carbocycles. The van der Waals surface area contributed by atoms with Crippen LogP contribution in [0.4, 0.5) is 5.69 Å². The van der Waals surface area contributed by atoms with Gasteiger partial charge in [-0.1, -0.05) is 32.0 Å². The molecule has 0 aromatic heterocycles. The molecule has 0 atom stereocenters. The van der Waals surface area contributed by atoms with Gasteiger partial charge in [0, 0.05) is 0 Å². The maximum Gasteiger partial charge on any atom is 0.272 e. The zero-order valence-corrected chi connectivity index (χ0v) is 17.6. The van der Waals surface area contributed by atoms with Gasteiger partial charge in [0.1, 0.15) is 5.75 Å². The number of carbonyl (C=O) groups excluding carboxylic acids is 2. The molecule has 0 unspecified atom stereocenters. The zero-order chi connectivity index (χ0) is 20.3. The van der Waals surface area contributed by atoms with Gasteiger partial charge in [0.15, 0.2) is 0 Å². The minimum Gasteiger partial charge on any atom is -0.494 e. The third kappa shape index (κ3) is 3.85. The van der Waals surface area contributed by atoms with Crippen molar-refractivity contribution < 1.29 is 14.3 Å². The van der Waals surface area contributed by atoms with E-state index in [1.54, 1.807) is 0 Å². The number of thioether (sulfide) groups is 1. The van der Waals surface area contributed by atoms with Crippen LogP contribution in [0.2, 0.25) is 0 Å². The number of carbonyl (C=O) groups is 2. The highest BCUT2D eigenvalue weighted by Crippen LogP contribution is 2.39. The molecule has 1 aliphatic rings. The highest BCUT2D eigenvalue weighted by atomic mass is 32.2. The summed E-state index contributed by atoms with van der Waals surface area (Å²) in [7, 11) is 0. The monoisotopic (exact) mass is 395 g/mol. The first-order valence-corrected chi connectivity index (χ1v) is 10.5. The maximum atomic E-state index is 13.3. The Kier molecular flexibility index (Phi) is 6.25. The average molecular weight is 396 g/mol. The van der Waals surface area contributed by atoms with Crippen molar-refractivity contribution in [3.63, 3.8) is 0 Å². The van der Waals surface area contributed by atoms with E-state index < -0.39 is 0 Å². The third-order valence-corrected chi connectivity index (χ3v) is 5.65. The molecule has 146 valence electrons. The van der Waals surface area contributed by atoms with Crippen molar-refractivity contribution in [2.45, 2.75) is 34.1 Å². The summed E-state index contributed by atoms with van der Waals surface area (Å²) in [5, 5.41) is 0. The second-order valence-corrected chi connectivity index (χ2v) is 8.00. The van der Waals surface area contributed by atoms with Gasteiger partial charge in [0.25, 0.3) is 11.8 Å². The first-order chi connectivity index (χ1) is 13.5. The first kappa shape index (κ1) is 20.2. The van der Waals surface area contributed by atoms with Gasteiger partial charge in [-0.05, 0) is 67.0 Å². The fourth-order valence-electron chi connectivity index (χ4n) is 3.08. The molecule has 0 saturated heterocycles. The van der Waals surface area contributed by atoms with Crippen LogP contribution in [0.5, 0.6) is 5.75 Å². The minimum atomic E-state index is -0.272. The topological polar surface area (TPSA) is 46.6 Å². The van der Waals surface area contributed by atoms with E-state index in [2.05, 4.69) is 6.92 Å². The Morgan fingerprint density at radius 1 is 0.929 bits per heavy atom. The molecule has 0 radical (unpaired) electrons. The van der Waals surface area contributed by atoms with Crippen LogP contribution in [0.3, 0.4) is 0 Å². The number of hydrogen-bond acceptors (Lipinski definition) is 4. The predicted molar refractivity (Wildman–Crippen MR) is 116 cm³/mol. The van der Waals surface area contributed by atoms with Crippen molar-refractivity contribution in [2.75, 3.05) is 17.3 Å². The lowest BCUT2D eigenvalue weighted by molar-refractivity contribution is -0.119. The van der Waals surface area contributed by atoms with Gasteiger partial charge in [-0.25, -0.2) is 4.90 Å². The van der Waals surface area contributed by atoms with E-state index in [-0.39, 0.29) is 11.8 Å². The van der Waals surface area contributed by atoms with E-state index in [0.29, 0.717) is 22.8 Å². The predicted octanol–water partition coefficient (Wildman–Crippen LogP) is 5.13. The molecule has 0 spiro atoms. The molecule has 5 heteroatoms. The number of ether oxygens (including phenoxy) is 1. The number of nitrogens with zero attached hydrogens (tertiary/aromatic N) is 1. The quantitative estimate of drug-likeness (QED) is 0.610. The van der Waals surface area contributed by atoms with Gasteiger partial charge in [0.2, 0.25) is 0 Å². The van der Waals surface area contributed by atoms with E-state index in [1.807, 2.05) is 63.2 Å². The van der Waals surface area contributed by atoms with Crippen molar-refractivity contribution >= 4 is 34.8 Å². The number of imide groups is 1. The lowest BCUT2D eigenvalue weighted by Crippen LogP contribution is -2.31. The molecule has 2 amide bonds. The smallest absolute Gasteiger partial charge is 0.272 e. The van der Waals surface area contributed by atoms with Crippen LogP contribution >= 0.6 is 11.8 Å². The van der Waals surface area contributed by atoms with Gasteiger partial charge < -0.3 is 4.74 Å². The Balaban J connectivity index is 1.99. The van der Waals surface area contributed by atoms with E-state index >= 15 is 0 Å². The first-order valence-electron chi connectivity index (χ1n) is 9.54. The highest BCUT2D eigenvalue weighted by Gasteiger charge is 2.40. The van der Waals surface area contributed by atoms with Crippen LogP contribution in [0.15, 0.2) is 47.4 Å². The summed E-state index contributed by atoms with van der Waals surface area (Å²) in [6, 6.07) is 13.1. The Morgan fingerprint density at radius 2 is 1.64 bits per heavy atom. The molecular formula is C23H25NO3S. The summed E-state index contributed by atoms with van der Waals surface area (Å²) in [5.74, 6) is 0.961. The molecule has 4 nitrogen and oxygen atoms in total. The lowest BCUT2D eigenvalue weighted by atomic mass is 10.1. The Bertz CT molecular complexity index is 931. The van der Waals surface area contributed by atoms with E-state index in [0.717, 1.165) is 34.6 Å². The molecular weight excluding hydrogens is 370 g/mol. The van der Waals surface area contributed by atoms with Gasteiger partial charge in [-0.15, -0.1) is 11.8 Å². The molecule has 0 fully saturated rings. The standard InChI is InChI=1S/C23H25NO3S/c1-5-13-27-19-11-8-17(9-12-19)20-21(28-6-2)23(26)24(22(20)25)18-10-7-15(3)16(4)14-18/h7-12,14H,5-6,13H2,1-4H3. The SMILES string of the molecule is CCCOc1ccc(C2=C(SCC)C(=O)N(c3ccc(C)c(C)c3)C2=O)cc1. The molecule has 0 N–H and O–H groups in total. The van der Waals surface area contributed by atoms with E-state index in [9.17, 15) is 9.59 Å². The molecule has 3 rings (SSSR count). The van der Waals surface area contributed by atoms with Crippen molar-refractivity contribution in [3.8, 4) is 5.75 Å². The summed E-state index contributed by atoms with van der Waals surface area (Å²) in [4.78, 5) is 28.2. The number of hydrogen-bond donors (Lipinski definition) is 0. The van der Waals surface area contributed by atoms with Crippen molar-refractivity contribution in [2.24, 2.45) is 0 Å². The van der Waals surface area contributed by atoms with Gasteiger partial charge in [-0.2, -0.15) is 0 Å². The summed E-state index contributed by atoms with van der Waals surface area (Å²) in [6.07, 6.45) is 0.933. The lowest BCUT2D eigenvalue weighted by Gasteiger charge is -2.16. The van der Waals surface area contributed by atoms with Gasteiger partial charge >= 0.3 is 0 Å². The van der Waals surface area contributed by atoms with Crippen LogP contribution < -0.4 is 9.64 Å². The van der Waals surface area contributed by atoms with Crippen molar-refractivity contribution in [1.82, 2.24) is 0 Å². The maximum absolute atomic E-state index is 13.3. The second-order valence-electron chi connectivity index (χ2n) is 6.72. The van der Waals surface area contributed by atoms with Crippen molar-refractivity contribution in [3.05, 3.63) is 64.1 Å². The fraction of sp³-hybridized carbons (Fsp3) is 0.304. The molecule has 2 aromatic rings. The average Bonchev–Trinajstić information content (AvgIpc) is 2.93. The third-order valence-electron chi connectivity index (χ3n) is 4.69. The largest absolute Gasteiger partial charge is 0.494 e. The van der Waals surface area contributed by atoms with E-state index in [1.165, 1.54) is 16.7 Å². The second kappa shape index (κ2) is 8.65. The van der Waals surface area contributed by atoms with Gasteiger partial charge in [-0.3, -0.25) is 9.59 Å². The molecule has 1 aliphatic heterocycles. The van der Waals surface area contributed by atoms with Crippen LogP contribution in [-0.4, -0.2) is 24.2 Å². The summed E-state index contributed by atoms with van der Waals surface area (Å²) in [6.45, 7) is 8.67. The number of amides is 2. The molecule has 28 heavy (non-hydrogen) atoms. The Hall–Kier alpha value is -2.53. The zero-order valence-electron chi connectivity index (χ0n) is 16.7. The fourth-order valence-corrected chi connectivity index (χ4v) is 3.93. The summed E-state index contributed by atoms with van der Waals surface area (Å²) in [5.41, 5.74) is 4.00. The van der Waals surface area contributed by atoms with Crippen molar-refractivity contribution in [1.29, 1.82) is 0 Å². The van der Waals surface area contributed by atoms with Crippen LogP contribution in [0, 0.1) is 13.8 Å². The van der Waals surface area contributed by atoms with Crippen LogP contribution in [0.25, 0.3) is 5.57 Å². The van der Waals surface area contributed by atoms with Crippen LogP contribution in [-0.2, 0) is 9.59 Å². The molecule has 0 aliphatic carbocycles. The highest BCUT2D eigenvalue weighted by molar-refractivity contribution is 8.04. The normalized spacial score (nSPS) is 14.2. The Labute approximate surface area is 170 Å². The molecule has 1 heterocycles. The van der Waals surface area contributed by atoms with Gasteiger partial charge in [0.05, 0.1) is 22.8 Å². The van der Waals surface area contributed by atoms with E-state index in [4.69, 9.17) is 4.74 Å². The summed E-state index contributed by atoms with van der Waals surface area (Å²) < 4.78 is 5.63. The molecule has 2 aromatic carbocycles. The van der Waals surface area contributed by atoms with Crippen LogP contribution in [0.1, 0.15) is 37.0 Å².